The number of halogens is 3. The molecule has 0 atom stereocenters. The summed E-state index contributed by atoms with van der Waals surface area (Å²) in [4.78, 5) is 14.3. The van der Waals surface area contributed by atoms with Crippen LogP contribution in [0, 0.1) is 11.6 Å². The Labute approximate surface area is 143 Å². The van der Waals surface area contributed by atoms with Gasteiger partial charge in [-0.25, -0.2) is 8.78 Å². The number of para-hydroxylation sites is 1. The molecular formula is C17H15ClF2N2O2. The van der Waals surface area contributed by atoms with Gasteiger partial charge >= 0.3 is 0 Å². The molecule has 126 valence electrons. The Morgan fingerprint density at radius 3 is 2.38 bits per heavy atom. The Hall–Kier alpha value is -2.18. The number of carbonyl (C=O) groups excluding carboxylic acids is 1. The third kappa shape index (κ3) is 3.34. The largest absolute Gasteiger partial charge is 0.378 e. The van der Waals surface area contributed by atoms with E-state index in [4.69, 9.17) is 16.3 Å². The second-order valence-corrected chi connectivity index (χ2v) is 5.69. The summed E-state index contributed by atoms with van der Waals surface area (Å²) in [5.74, 6) is -2.69. The lowest BCUT2D eigenvalue weighted by Crippen LogP contribution is -2.37. The van der Waals surface area contributed by atoms with Crippen molar-refractivity contribution >= 4 is 28.9 Å². The van der Waals surface area contributed by atoms with E-state index in [9.17, 15) is 13.6 Å². The molecule has 1 N–H and O–H groups in total. The summed E-state index contributed by atoms with van der Waals surface area (Å²) in [6.07, 6.45) is 0. The standard InChI is InChI=1S/C17H15ClF2N2O2/c18-11-3-1-6-14(16(11)22-7-9-24-10-8-22)21-17(23)15-12(19)4-2-5-13(15)20/h1-6H,7-10H2,(H,21,23). The van der Waals surface area contributed by atoms with Gasteiger partial charge in [0.1, 0.15) is 17.2 Å². The maximum absolute atomic E-state index is 13.8. The number of hydrogen-bond acceptors (Lipinski definition) is 3. The van der Waals surface area contributed by atoms with E-state index >= 15 is 0 Å². The van der Waals surface area contributed by atoms with Gasteiger partial charge in [-0.2, -0.15) is 0 Å². The number of morpholine rings is 1. The average molecular weight is 353 g/mol. The first-order chi connectivity index (χ1) is 11.6. The zero-order valence-corrected chi connectivity index (χ0v) is 13.4. The lowest BCUT2D eigenvalue weighted by atomic mass is 10.1. The van der Waals surface area contributed by atoms with E-state index in [2.05, 4.69) is 5.32 Å². The van der Waals surface area contributed by atoms with Crippen molar-refractivity contribution in [2.24, 2.45) is 0 Å². The Morgan fingerprint density at radius 1 is 1.08 bits per heavy atom. The molecule has 3 rings (SSSR count). The van der Waals surface area contributed by atoms with Crippen LogP contribution >= 0.6 is 11.6 Å². The monoisotopic (exact) mass is 352 g/mol. The highest BCUT2D eigenvalue weighted by atomic mass is 35.5. The summed E-state index contributed by atoms with van der Waals surface area (Å²) >= 11 is 6.27. The molecule has 0 aliphatic carbocycles. The lowest BCUT2D eigenvalue weighted by Gasteiger charge is -2.31. The first kappa shape index (κ1) is 16.7. The van der Waals surface area contributed by atoms with Gasteiger partial charge in [0.25, 0.3) is 5.91 Å². The summed E-state index contributed by atoms with van der Waals surface area (Å²) in [7, 11) is 0. The molecule has 0 saturated carbocycles. The molecule has 4 nitrogen and oxygen atoms in total. The smallest absolute Gasteiger partial charge is 0.261 e. The highest BCUT2D eigenvalue weighted by Gasteiger charge is 2.22. The number of benzene rings is 2. The first-order valence-electron chi connectivity index (χ1n) is 7.44. The molecule has 7 heteroatoms. The molecule has 1 fully saturated rings. The average Bonchev–Trinajstić information content (AvgIpc) is 2.55. The van der Waals surface area contributed by atoms with Crippen molar-refractivity contribution < 1.29 is 18.3 Å². The van der Waals surface area contributed by atoms with Crippen molar-refractivity contribution in [2.45, 2.75) is 0 Å². The van der Waals surface area contributed by atoms with Gasteiger partial charge in [-0.3, -0.25) is 4.79 Å². The Balaban J connectivity index is 1.92. The second-order valence-electron chi connectivity index (χ2n) is 5.29. The molecule has 1 aliphatic rings. The van der Waals surface area contributed by atoms with Crippen LogP contribution in [0.1, 0.15) is 10.4 Å². The van der Waals surface area contributed by atoms with Crippen molar-refractivity contribution in [3.63, 3.8) is 0 Å². The molecule has 24 heavy (non-hydrogen) atoms. The zero-order valence-electron chi connectivity index (χ0n) is 12.7. The van der Waals surface area contributed by atoms with Gasteiger partial charge in [-0.05, 0) is 24.3 Å². The lowest BCUT2D eigenvalue weighted by molar-refractivity contribution is 0.101. The van der Waals surface area contributed by atoms with Crippen LogP contribution in [0.2, 0.25) is 5.02 Å². The molecule has 0 unspecified atom stereocenters. The molecule has 1 heterocycles. The fraction of sp³-hybridized carbons (Fsp3) is 0.235. The van der Waals surface area contributed by atoms with Crippen LogP contribution < -0.4 is 10.2 Å². The van der Waals surface area contributed by atoms with Crippen molar-refractivity contribution in [1.82, 2.24) is 0 Å². The topological polar surface area (TPSA) is 41.6 Å². The van der Waals surface area contributed by atoms with Crippen molar-refractivity contribution in [3.05, 3.63) is 58.6 Å². The molecule has 0 radical (unpaired) electrons. The molecule has 1 saturated heterocycles. The normalized spacial score (nSPS) is 14.5. The summed E-state index contributed by atoms with van der Waals surface area (Å²) in [6.45, 7) is 2.31. The van der Waals surface area contributed by atoms with Gasteiger partial charge < -0.3 is 15.0 Å². The maximum Gasteiger partial charge on any atom is 0.261 e. The van der Waals surface area contributed by atoms with Gasteiger partial charge in [-0.1, -0.05) is 23.7 Å². The Bertz CT molecular complexity index is 744. The number of nitrogens with one attached hydrogen (secondary N) is 1. The van der Waals surface area contributed by atoms with Crippen molar-refractivity contribution in [1.29, 1.82) is 0 Å². The summed E-state index contributed by atoms with van der Waals surface area (Å²) in [6, 6.07) is 8.30. The van der Waals surface area contributed by atoms with Gasteiger partial charge in [0.2, 0.25) is 0 Å². The number of nitrogens with zero attached hydrogens (tertiary/aromatic N) is 1. The SMILES string of the molecule is O=C(Nc1cccc(Cl)c1N1CCOCC1)c1c(F)cccc1F. The Kier molecular flexibility index (Phi) is 4.97. The van der Waals surface area contributed by atoms with Crippen molar-refractivity contribution in [2.75, 3.05) is 36.5 Å². The minimum Gasteiger partial charge on any atom is -0.378 e. The fourth-order valence-corrected chi connectivity index (χ4v) is 2.92. The van der Waals surface area contributed by atoms with Crippen LogP contribution in [-0.4, -0.2) is 32.2 Å². The van der Waals surface area contributed by atoms with Crippen molar-refractivity contribution in [3.8, 4) is 0 Å². The summed E-state index contributed by atoms with van der Waals surface area (Å²) < 4.78 is 32.9. The number of rotatable bonds is 3. The molecule has 0 aromatic heterocycles. The molecule has 2 aromatic carbocycles. The van der Waals surface area contributed by atoms with E-state index in [0.29, 0.717) is 42.7 Å². The highest BCUT2D eigenvalue weighted by molar-refractivity contribution is 6.34. The van der Waals surface area contributed by atoms with E-state index in [0.717, 1.165) is 12.1 Å². The maximum atomic E-state index is 13.8. The fourth-order valence-electron chi connectivity index (χ4n) is 2.62. The minimum atomic E-state index is -0.914. The van der Waals surface area contributed by atoms with Gasteiger partial charge in [0.15, 0.2) is 0 Å². The van der Waals surface area contributed by atoms with Crippen LogP contribution in [0.4, 0.5) is 20.2 Å². The van der Waals surface area contributed by atoms with E-state index < -0.39 is 23.1 Å². The van der Waals surface area contributed by atoms with E-state index in [-0.39, 0.29) is 0 Å². The minimum absolute atomic E-state index is 0.400. The molecule has 1 aliphatic heterocycles. The van der Waals surface area contributed by atoms with Crippen LogP contribution in [0.5, 0.6) is 0 Å². The van der Waals surface area contributed by atoms with Crippen LogP contribution in [-0.2, 0) is 4.74 Å². The van der Waals surface area contributed by atoms with Crippen LogP contribution in [0.15, 0.2) is 36.4 Å². The van der Waals surface area contributed by atoms with Gasteiger partial charge in [0.05, 0.1) is 29.6 Å². The van der Waals surface area contributed by atoms with Crippen LogP contribution in [0.25, 0.3) is 0 Å². The molecule has 0 bridgehead atoms. The highest BCUT2D eigenvalue weighted by Crippen LogP contribution is 2.34. The number of ether oxygens (including phenoxy) is 1. The third-order valence-electron chi connectivity index (χ3n) is 3.75. The van der Waals surface area contributed by atoms with E-state index in [1.807, 2.05) is 4.90 Å². The number of amides is 1. The van der Waals surface area contributed by atoms with E-state index in [1.165, 1.54) is 6.07 Å². The number of carbonyl (C=O) groups is 1. The van der Waals surface area contributed by atoms with Gasteiger partial charge in [-0.15, -0.1) is 0 Å². The summed E-state index contributed by atoms with van der Waals surface area (Å²) in [5.41, 5.74) is 0.398. The molecule has 1 amide bonds. The molecule has 2 aromatic rings. The molecule has 0 spiro atoms. The first-order valence-corrected chi connectivity index (χ1v) is 7.82. The number of hydrogen-bond donors (Lipinski definition) is 1. The van der Waals surface area contributed by atoms with Gasteiger partial charge in [0, 0.05) is 13.1 Å². The van der Waals surface area contributed by atoms with Crippen LogP contribution in [0.3, 0.4) is 0 Å². The predicted molar refractivity (Wildman–Crippen MR) is 88.8 cm³/mol. The quantitative estimate of drug-likeness (QED) is 0.915. The molecular weight excluding hydrogens is 338 g/mol. The number of anilines is 2. The predicted octanol–water partition coefficient (Wildman–Crippen LogP) is 3.71. The van der Waals surface area contributed by atoms with E-state index in [1.54, 1.807) is 18.2 Å². The second kappa shape index (κ2) is 7.15. The summed E-state index contributed by atoms with van der Waals surface area (Å²) in [5, 5.41) is 3.01. The third-order valence-corrected chi connectivity index (χ3v) is 4.06. The Morgan fingerprint density at radius 2 is 1.71 bits per heavy atom. The zero-order chi connectivity index (χ0) is 17.1.